The summed E-state index contributed by atoms with van der Waals surface area (Å²) in [7, 11) is 0. The van der Waals surface area contributed by atoms with Gasteiger partial charge in [-0.15, -0.1) is 0 Å². The Kier molecular flexibility index (Phi) is 6.13. The van der Waals surface area contributed by atoms with Crippen LogP contribution in [-0.4, -0.2) is 29.6 Å². The Morgan fingerprint density at radius 3 is 2.67 bits per heavy atom. The van der Waals surface area contributed by atoms with E-state index in [1.165, 1.54) is 10.8 Å². The molecule has 0 aliphatic carbocycles. The van der Waals surface area contributed by atoms with Crippen molar-refractivity contribution in [3.05, 3.63) is 80.9 Å². The van der Waals surface area contributed by atoms with Crippen LogP contribution in [0.15, 0.2) is 56.5 Å². The van der Waals surface area contributed by atoms with E-state index in [0.29, 0.717) is 34.6 Å². The minimum absolute atomic E-state index is 0.124. The van der Waals surface area contributed by atoms with E-state index in [1.807, 2.05) is 24.3 Å². The molecule has 0 amide bonds. The molecule has 0 saturated heterocycles. The number of ether oxygens (including phenoxy) is 1. The highest BCUT2D eigenvalue weighted by atomic mass is 79.9. The third-order valence-electron chi connectivity index (χ3n) is 4.79. The molecular weight excluding hydrogens is 490 g/mol. The van der Waals surface area contributed by atoms with Gasteiger partial charge in [-0.2, -0.15) is 4.98 Å². The average Bonchev–Trinajstić information content (AvgIpc) is 3.20. The molecule has 1 N–H and O–H groups in total. The third-order valence-corrected chi connectivity index (χ3v) is 5.47. The zero-order valence-electron chi connectivity index (χ0n) is 18.5. The zero-order chi connectivity index (χ0) is 23.8. The van der Waals surface area contributed by atoms with Gasteiger partial charge in [-0.05, 0) is 54.9 Å². The van der Waals surface area contributed by atoms with E-state index in [2.05, 4.69) is 35.9 Å². The van der Waals surface area contributed by atoms with E-state index in [-0.39, 0.29) is 22.5 Å². The maximum absolute atomic E-state index is 13.2. The van der Waals surface area contributed by atoms with E-state index < -0.39 is 5.60 Å². The highest BCUT2D eigenvalue weighted by Gasteiger charge is 2.20. The molecule has 9 nitrogen and oxygen atoms in total. The Bertz CT molecular complexity index is 1370. The van der Waals surface area contributed by atoms with Crippen molar-refractivity contribution >= 4 is 15.9 Å². The van der Waals surface area contributed by atoms with Crippen LogP contribution < -0.4 is 10.3 Å². The predicted molar refractivity (Wildman–Crippen MR) is 124 cm³/mol. The normalized spacial score (nSPS) is 11.6. The minimum atomic E-state index is -1.17. The molecule has 4 rings (SSSR count). The van der Waals surface area contributed by atoms with Crippen LogP contribution in [0.4, 0.5) is 0 Å². The van der Waals surface area contributed by atoms with Crippen LogP contribution >= 0.6 is 15.9 Å². The van der Waals surface area contributed by atoms with E-state index in [0.717, 1.165) is 5.56 Å². The number of hydrogen-bond donors (Lipinski definition) is 1. The largest absolute Gasteiger partial charge is 0.470 e. The molecule has 4 aromatic rings. The first-order chi connectivity index (χ1) is 15.6. The van der Waals surface area contributed by atoms with Gasteiger partial charge in [0.25, 0.3) is 5.56 Å². The molecule has 0 unspecified atom stereocenters. The Labute approximate surface area is 198 Å². The van der Waals surface area contributed by atoms with Crippen molar-refractivity contribution in [3.8, 4) is 22.8 Å². The quantitative estimate of drug-likeness (QED) is 0.414. The monoisotopic (exact) mass is 511 g/mol. The summed E-state index contributed by atoms with van der Waals surface area (Å²) in [6, 6.07) is 9.09. The minimum Gasteiger partial charge on any atom is -0.470 e. The van der Waals surface area contributed by atoms with Gasteiger partial charge in [-0.1, -0.05) is 12.1 Å². The molecule has 0 radical (unpaired) electrons. The molecule has 0 aliphatic heterocycles. The summed E-state index contributed by atoms with van der Waals surface area (Å²) in [5, 5.41) is 10.2. The van der Waals surface area contributed by atoms with Gasteiger partial charge >= 0.3 is 0 Å². The molecule has 0 fully saturated rings. The Morgan fingerprint density at radius 2 is 1.97 bits per heavy atom. The molecule has 1 aromatic carbocycles. The summed E-state index contributed by atoms with van der Waals surface area (Å²) in [5.41, 5.74) is 1.13. The lowest BCUT2D eigenvalue weighted by atomic mass is 10.1. The summed E-state index contributed by atoms with van der Waals surface area (Å²) >= 11 is 3.32. The fourth-order valence-electron chi connectivity index (χ4n) is 3.22. The molecule has 0 bridgehead atoms. The molecule has 0 atom stereocenters. The van der Waals surface area contributed by atoms with Crippen LogP contribution in [0.2, 0.25) is 0 Å². The molecule has 0 spiro atoms. The van der Waals surface area contributed by atoms with Crippen molar-refractivity contribution in [3.63, 3.8) is 0 Å². The maximum Gasteiger partial charge on any atom is 0.276 e. The van der Waals surface area contributed by atoms with Gasteiger partial charge in [0.2, 0.25) is 5.88 Å². The zero-order valence-corrected chi connectivity index (χ0v) is 20.1. The number of aromatic nitrogens is 5. The van der Waals surface area contributed by atoms with Gasteiger partial charge in [-0.3, -0.25) is 9.36 Å². The standard InChI is InChI=1S/C23H22BrN5O4/c1-13-26-20(33-12-16-11-32-14(2)27-16)19(24)21(30)29(13)17-7-5-6-15(10-17)18-8-9-25-22(28-18)23(3,4)31/h5-11,31H,12H2,1-4H3. The van der Waals surface area contributed by atoms with Crippen LogP contribution in [0.3, 0.4) is 0 Å². The fourth-order valence-corrected chi connectivity index (χ4v) is 3.60. The number of hydrogen-bond acceptors (Lipinski definition) is 8. The molecule has 3 aromatic heterocycles. The first kappa shape index (κ1) is 22.8. The number of aryl methyl sites for hydroxylation is 2. The molecular formula is C23H22BrN5O4. The number of halogens is 1. The second kappa shape index (κ2) is 8.87. The van der Waals surface area contributed by atoms with Crippen LogP contribution in [0.1, 0.15) is 37.1 Å². The van der Waals surface area contributed by atoms with Crippen molar-refractivity contribution in [2.75, 3.05) is 0 Å². The van der Waals surface area contributed by atoms with E-state index in [1.54, 1.807) is 40.0 Å². The van der Waals surface area contributed by atoms with Crippen molar-refractivity contribution in [2.24, 2.45) is 0 Å². The highest BCUT2D eigenvalue weighted by Crippen LogP contribution is 2.25. The smallest absolute Gasteiger partial charge is 0.276 e. The van der Waals surface area contributed by atoms with Crippen molar-refractivity contribution in [1.29, 1.82) is 0 Å². The lowest BCUT2D eigenvalue weighted by molar-refractivity contribution is 0.0688. The van der Waals surface area contributed by atoms with Gasteiger partial charge in [0, 0.05) is 18.7 Å². The Morgan fingerprint density at radius 1 is 1.18 bits per heavy atom. The molecule has 0 aliphatic rings. The van der Waals surface area contributed by atoms with Gasteiger partial charge < -0.3 is 14.3 Å². The van der Waals surface area contributed by atoms with E-state index in [4.69, 9.17) is 9.15 Å². The van der Waals surface area contributed by atoms with Gasteiger partial charge in [-0.25, -0.2) is 15.0 Å². The second-order valence-electron chi connectivity index (χ2n) is 7.94. The van der Waals surface area contributed by atoms with Crippen molar-refractivity contribution < 1.29 is 14.3 Å². The first-order valence-corrected chi connectivity index (χ1v) is 10.9. The summed E-state index contributed by atoms with van der Waals surface area (Å²) in [5.74, 6) is 1.47. The summed E-state index contributed by atoms with van der Waals surface area (Å²) in [6.07, 6.45) is 3.10. The number of aliphatic hydroxyl groups is 1. The molecule has 170 valence electrons. The van der Waals surface area contributed by atoms with Crippen LogP contribution in [0, 0.1) is 13.8 Å². The van der Waals surface area contributed by atoms with Crippen LogP contribution in [0.25, 0.3) is 16.9 Å². The number of benzene rings is 1. The third kappa shape index (κ3) is 4.86. The number of rotatable bonds is 6. The number of nitrogens with zero attached hydrogens (tertiary/aromatic N) is 5. The van der Waals surface area contributed by atoms with Crippen LogP contribution in [-0.2, 0) is 12.2 Å². The molecule has 0 saturated carbocycles. The highest BCUT2D eigenvalue weighted by molar-refractivity contribution is 9.10. The Balaban J connectivity index is 1.69. The van der Waals surface area contributed by atoms with Crippen molar-refractivity contribution in [1.82, 2.24) is 24.5 Å². The van der Waals surface area contributed by atoms with Gasteiger partial charge in [0.05, 0.1) is 11.4 Å². The summed E-state index contributed by atoms with van der Waals surface area (Å²) in [6.45, 7) is 6.84. The van der Waals surface area contributed by atoms with Gasteiger partial charge in [0.1, 0.15) is 34.5 Å². The lowest BCUT2D eigenvalue weighted by Gasteiger charge is -2.16. The SMILES string of the molecule is Cc1nc(COc2nc(C)n(-c3cccc(-c4ccnc(C(C)(C)O)n4)c3)c(=O)c2Br)co1. The lowest BCUT2D eigenvalue weighted by Crippen LogP contribution is -2.24. The van der Waals surface area contributed by atoms with E-state index in [9.17, 15) is 9.90 Å². The topological polar surface area (TPSA) is 116 Å². The summed E-state index contributed by atoms with van der Waals surface area (Å²) in [4.78, 5) is 30.4. The first-order valence-electron chi connectivity index (χ1n) is 10.1. The second-order valence-corrected chi connectivity index (χ2v) is 8.73. The maximum atomic E-state index is 13.2. The Hall–Kier alpha value is -3.37. The molecule has 10 heteroatoms. The predicted octanol–water partition coefficient (Wildman–Crippen LogP) is 3.86. The van der Waals surface area contributed by atoms with E-state index >= 15 is 0 Å². The number of oxazole rings is 1. The van der Waals surface area contributed by atoms with Gasteiger partial charge in [0.15, 0.2) is 11.7 Å². The van der Waals surface area contributed by atoms with Crippen LogP contribution in [0.5, 0.6) is 5.88 Å². The molecule has 33 heavy (non-hydrogen) atoms. The fraction of sp³-hybridized carbons (Fsp3) is 0.261. The average molecular weight is 512 g/mol. The molecule has 3 heterocycles. The van der Waals surface area contributed by atoms with Crippen molar-refractivity contribution in [2.45, 2.75) is 39.9 Å². The summed E-state index contributed by atoms with van der Waals surface area (Å²) < 4.78 is 12.5.